The summed E-state index contributed by atoms with van der Waals surface area (Å²) in [7, 11) is -3.99. The molecule has 0 radical (unpaired) electrons. The van der Waals surface area contributed by atoms with E-state index in [2.05, 4.69) is 26.6 Å². The third-order valence-corrected chi connectivity index (χ3v) is 8.06. The summed E-state index contributed by atoms with van der Waals surface area (Å²) in [4.78, 5) is 11.9. The summed E-state index contributed by atoms with van der Waals surface area (Å²) in [6.45, 7) is 0.673. The maximum atomic E-state index is 12.9. The Morgan fingerprint density at radius 1 is 1.11 bits per heavy atom. The molecule has 0 atom stereocenters. The topological polar surface area (TPSA) is 98.7 Å². The molecular formula is C17H17BrClN3O4S2. The zero-order valence-electron chi connectivity index (χ0n) is 14.5. The van der Waals surface area contributed by atoms with Crippen LogP contribution in [0.5, 0.6) is 5.75 Å². The number of para-hydroxylation sites is 1. The van der Waals surface area contributed by atoms with Crippen molar-refractivity contribution in [1.29, 1.82) is 0 Å². The van der Waals surface area contributed by atoms with Crippen molar-refractivity contribution < 1.29 is 18.3 Å². The predicted octanol–water partition coefficient (Wildman–Crippen LogP) is 4.19. The molecule has 2 aromatic carbocycles. The first-order valence-electron chi connectivity index (χ1n) is 8.22. The van der Waals surface area contributed by atoms with E-state index in [1.165, 1.54) is 16.4 Å². The lowest BCUT2D eigenvalue weighted by atomic mass is 10.3. The van der Waals surface area contributed by atoms with Gasteiger partial charge in [-0.15, -0.1) is 0 Å². The Balaban J connectivity index is 1.86. The van der Waals surface area contributed by atoms with Crippen LogP contribution in [0.15, 0.2) is 45.8 Å². The van der Waals surface area contributed by atoms with Gasteiger partial charge in [0.1, 0.15) is 4.90 Å². The fourth-order valence-electron chi connectivity index (χ4n) is 2.65. The fourth-order valence-corrected chi connectivity index (χ4v) is 6.20. The van der Waals surface area contributed by atoms with Gasteiger partial charge in [0.2, 0.25) is 10.0 Å². The third kappa shape index (κ3) is 4.57. The molecule has 0 bridgehead atoms. The van der Waals surface area contributed by atoms with Gasteiger partial charge in [-0.25, -0.2) is 13.2 Å². The second-order valence-corrected chi connectivity index (χ2v) is 10.2. The van der Waals surface area contributed by atoms with Crippen LogP contribution in [0.25, 0.3) is 0 Å². The average Bonchev–Trinajstić information content (AvgIpc) is 2.66. The van der Waals surface area contributed by atoms with E-state index < -0.39 is 26.7 Å². The summed E-state index contributed by atoms with van der Waals surface area (Å²) in [5.74, 6) is 0.751. The van der Waals surface area contributed by atoms with Crippen LogP contribution in [0, 0.1) is 0 Å². The molecule has 1 saturated heterocycles. The van der Waals surface area contributed by atoms with E-state index in [9.17, 15) is 18.3 Å². The number of carbonyl (C=O) groups excluding carboxylic acids is 1. The van der Waals surface area contributed by atoms with Crippen molar-refractivity contribution in [3.63, 3.8) is 0 Å². The van der Waals surface area contributed by atoms with Gasteiger partial charge in [-0.2, -0.15) is 16.1 Å². The van der Waals surface area contributed by atoms with Crippen LogP contribution in [-0.2, 0) is 10.0 Å². The number of urea groups is 1. The summed E-state index contributed by atoms with van der Waals surface area (Å²) in [5, 5.41) is 15.5. The molecule has 0 spiro atoms. The Hall–Kier alpha value is -1.46. The van der Waals surface area contributed by atoms with E-state index in [1.807, 2.05) is 0 Å². The van der Waals surface area contributed by atoms with Gasteiger partial charge >= 0.3 is 6.03 Å². The maximum absolute atomic E-state index is 12.9. The molecular weight excluding hydrogens is 490 g/mol. The quantitative estimate of drug-likeness (QED) is 0.540. The van der Waals surface area contributed by atoms with E-state index >= 15 is 0 Å². The number of phenolic OH excluding ortho intramolecular Hbond substituents is 1. The van der Waals surface area contributed by atoms with Crippen LogP contribution in [0.2, 0.25) is 5.02 Å². The van der Waals surface area contributed by atoms with E-state index in [-0.39, 0.29) is 10.7 Å². The van der Waals surface area contributed by atoms with E-state index in [4.69, 9.17) is 11.6 Å². The van der Waals surface area contributed by atoms with Gasteiger partial charge in [0, 0.05) is 29.1 Å². The zero-order valence-corrected chi connectivity index (χ0v) is 18.5. The summed E-state index contributed by atoms with van der Waals surface area (Å²) in [5.41, 5.74) is 0.464. The molecule has 0 aliphatic carbocycles. The maximum Gasteiger partial charge on any atom is 0.323 e. The molecule has 1 aliphatic heterocycles. The molecule has 150 valence electrons. The number of nitrogens with zero attached hydrogens (tertiary/aromatic N) is 1. The Labute approximate surface area is 180 Å². The number of aromatic hydroxyl groups is 1. The number of benzene rings is 2. The number of amides is 2. The van der Waals surface area contributed by atoms with Crippen molar-refractivity contribution >= 4 is 66.7 Å². The van der Waals surface area contributed by atoms with Gasteiger partial charge in [-0.1, -0.05) is 23.7 Å². The van der Waals surface area contributed by atoms with Crippen LogP contribution in [0.3, 0.4) is 0 Å². The van der Waals surface area contributed by atoms with Crippen molar-refractivity contribution in [2.24, 2.45) is 0 Å². The number of hydrogen-bond donors (Lipinski definition) is 3. The van der Waals surface area contributed by atoms with Crippen molar-refractivity contribution in [3.05, 3.63) is 45.9 Å². The molecule has 0 saturated carbocycles. The highest BCUT2D eigenvalue weighted by molar-refractivity contribution is 9.10. The van der Waals surface area contributed by atoms with Gasteiger partial charge in [0.25, 0.3) is 0 Å². The van der Waals surface area contributed by atoms with Crippen molar-refractivity contribution in [3.8, 4) is 5.75 Å². The SMILES string of the molecule is O=C(Nc1ccccc1Br)Nc1ccc(Cl)c(S(=O)(=O)N2CCSCC2)c1O. The van der Waals surface area contributed by atoms with E-state index in [0.29, 0.717) is 34.8 Å². The van der Waals surface area contributed by atoms with Crippen LogP contribution in [0.4, 0.5) is 16.2 Å². The second-order valence-electron chi connectivity index (χ2n) is 5.85. The van der Waals surface area contributed by atoms with E-state index in [1.54, 1.807) is 36.0 Å². The van der Waals surface area contributed by atoms with Crippen LogP contribution < -0.4 is 10.6 Å². The number of sulfonamides is 1. The summed E-state index contributed by atoms with van der Waals surface area (Å²) < 4.78 is 27.8. The van der Waals surface area contributed by atoms with Crippen LogP contribution >= 0.6 is 39.3 Å². The predicted molar refractivity (Wildman–Crippen MR) is 116 cm³/mol. The van der Waals surface area contributed by atoms with Crippen molar-refractivity contribution in [2.45, 2.75) is 4.90 Å². The molecule has 1 heterocycles. The zero-order chi connectivity index (χ0) is 20.3. The third-order valence-electron chi connectivity index (χ3n) is 4.02. The van der Waals surface area contributed by atoms with Gasteiger partial charge < -0.3 is 15.7 Å². The van der Waals surface area contributed by atoms with Crippen molar-refractivity contribution in [2.75, 3.05) is 35.2 Å². The van der Waals surface area contributed by atoms with E-state index in [0.717, 1.165) is 0 Å². The first-order chi connectivity index (χ1) is 13.3. The first kappa shape index (κ1) is 21.3. The molecule has 28 heavy (non-hydrogen) atoms. The number of phenols is 1. The molecule has 3 rings (SSSR count). The molecule has 2 amide bonds. The standard InChI is InChI=1S/C17H17BrClN3O4S2/c18-11-3-1-2-4-13(11)20-17(24)21-14-6-5-12(19)16(15(14)23)28(25,26)22-7-9-27-10-8-22/h1-6,23H,7-10H2,(H2,20,21,24). The largest absolute Gasteiger partial charge is 0.504 e. The molecule has 0 unspecified atom stereocenters. The molecule has 0 aromatic heterocycles. The first-order valence-corrected chi connectivity index (χ1v) is 12.0. The van der Waals surface area contributed by atoms with Gasteiger partial charge in [-0.05, 0) is 40.2 Å². The summed E-state index contributed by atoms with van der Waals surface area (Å²) in [6.07, 6.45) is 0. The normalized spacial score (nSPS) is 15.2. The molecule has 3 N–H and O–H groups in total. The van der Waals surface area contributed by atoms with Crippen LogP contribution in [0.1, 0.15) is 0 Å². The van der Waals surface area contributed by atoms with Crippen molar-refractivity contribution in [1.82, 2.24) is 4.31 Å². The molecule has 1 fully saturated rings. The average molecular weight is 507 g/mol. The fraction of sp³-hybridized carbons (Fsp3) is 0.235. The molecule has 2 aromatic rings. The Morgan fingerprint density at radius 2 is 1.75 bits per heavy atom. The number of thioether (sulfide) groups is 1. The minimum absolute atomic E-state index is 0.0566. The number of anilines is 2. The molecule has 7 nitrogen and oxygen atoms in total. The lowest BCUT2D eigenvalue weighted by Crippen LogP contribution is -2.38. The van der Waals surface area contributed by atoms with Crippen LogP contribution in [-0.4, -0.2) is 48.5 Å². The molecule has 11 heteroatoms. The van der Waals surface area contributed by atoms with Gasteiger partial charge in [0.05, 0.1) is 16.4 Å². The smallest absolute Gasteiger partial charge is 0.323 e. The number of halogens is 2. The Bertz CT molecular complexity index is 998. The number of rotatable bonds is 4. The number of hydrogen-bond acceptors (Lipinski definition) is 5. The highest BCUT2D eigenvalue weighted by atomic mass is 79.9. The minimum atomic E-state index is -3.99. The monoisotopic (exact) mass is 505 g/mol. The second kappa shape index (κ2) is 8.91. The van der Waals surface area contributed by atoms with Gasteiger partial charge in [0.15, 0.2) is 5.75 Å². The Morgan fingerprint density at radius 3 is 2.43 bits per heavy atom. The minimum Gasteiger partial charge on any atom is -0.504 e. The number of carbonyl (C=O) groups is 1. The summed E-state index contributed by atoms with van der Waals surface area (Å²) in [6, 6.07) is 9.05. The van der Waals surface area contributed by atoms with Gasteiger partial charge in [-0.3, -0.25) is 0 Å². The Kier molecular flexibility index (Phi) is 6.77. The lowest BCUT2D eigenvalue weighted by molar-refractivity contribution is 0.262. The highest BCUT2D eigenvalue weighted by Gasteiger charge is 2.32. The summed E-state index contributed by atoms with van der Waals surface area (Å²) >= 11 is 11.1. The number of nitrogens with one attached hydrogen (secondary N) is 2. The lowest BCUT2D eigenvalue weighted by Gasteiger charge is -2.26. The molecule has 1 aliphatic rings. The highest BCUT2D eigenvalue weighted by Crippen LogP contribution is 2.39.